The number of hydrogen-bond acceptors (Lipinski definition) is 1. The Bertz CT molecular complexity index is 354. The highest BCUT2D eigenvalue weighted by Crippen LogP contribution is 2.21. The lowest BCUT2D eigenvalue weighted by Crippen LogP contribution is -2.29. The van der Waals surface area contributed by atoms with Gasteiger partial charge in [-0.05, 0) is 32.4 Å². The summed E-state index contributed by atoms with van der Waals surface area (Å²) in [6, 6.07) is 5.71. The van der Waals surface area contributed by atoms with Gasteiger partial charge in [0.15, 0.2) is 0 Å². The van der Waals surface area contributed by atoms with Crippen LogP contribution in [0, 0.1) is 5.82 Å². The molecule has 17 heavy (non-hydrogen) atoms. The monoisotopic (exact) mass is 301 g/mol. The Balaban J connectivity index is 2.60. The maximum atomic E-state index is 13.7. The van der Waals surface area contributed by atoms with Crippen molar-refractivity contribution in [1.29, 1.82) is 0 Å². The van der Waals surface area contributed by atoms with Crippen LogP contribution in [0.3, 0.4) is 0 Å². The lowest BCUT2D eigenvalue weighted by Gasteiger charge is -2.20. The molecule has 0 spiro atoms. The predicted octanol–water partition coefficient (Wildman–Crippen LogP) is 4.82. The Morgan fingerprint density at radius 1 is 1.35 bits per heavy atom. The molecule has 0 aliphatic carbocycles. The number of hydrogen-bond donors (Lipinski definition) is 1. The van der Waals surface area contributed by atoms with Crippen molar-refractivity contribution in [3.63, 3.8) is 0 Å². The highest BCUT2D eigenvalue weighted by Gasteiger charge is 2.13. The second-order valence-corrected chi connectivity index (χ2v) is 5.51. The average Bonchev–Trinajstić information content (AvgIpc) is 2.26. The van der Waals surface area contributed by atoms with Gasteiger partial charge in [0.25, 0.3) is 0 Å². The molecule has 1 N–H and O–H groups in total. The highest BCUT2D eigenvalue weighted by atomic mass is 79.9. The van der Waals surface area contributed by atoms with Crippen molar-refractivity contribution < 1.29 is 4.39 Å². The smallest absolute Gasteiger partial charge is 0.129 e. The van der Waals surface area contributed by atoms with E-state index in [1.54, 1.807) is 0 Å². The largest absolute Gasteiger partial charge is 0.308 e. The molecule has 1 aromatic rings. The van der Waals surface area contributed by atoms with E-state index in [0.29, 0.717) is 6.04 Å². The zero-order valence-electron chi connectivity index (χ0n) is 10.8. The summed E-state index contributed by atoms with van der Waals surface area (Å²) in [5, 5.41) is 3.44. The third kappa shape index (κ3) is 4.76. The van der Waals surface area contributed by atoms with Crippen molar-refractivity contribution in [2.45, 2.75) is 52.1 Å². The lowest BCUT2D eigenvalue weighted by molar-refractivity contribution is 0.433. The summed E-state index contributed by atoms with van der Waals surface area (Å²) in [5.74, 6) is -0.151. The Hall–Kier alpha value is -0.410. The Morgan fingerprint density at radius 2 is 2.06 bits per heavy atom. The molecule has 1 rings (SSSR count). The molecular formula is C14H21BrFN. The molecule has 0 saturated heterocycles. The molecule has 1 nitrogen and oxygen atoms in total. The topological polar surface area (TPSA) is 12.0 Å². The van der Waals surface area contributed by atoms with E-state index in [9.17, 15) is 4.39 Å². The van der Waals surface area contributed by atoms with Crippen LogP contribution in [-0.4, -0.2) is 6.04 Å². The van der Waals surface area contributed by atoms with Crippen molar-refractivity contribution in [2.75, 3.05) is 0 Å². The van der Waals surface area contributed by atoms with E-state index in [2.05, 4.69) is 35.1 Å². The highest BCUT2D eigenvalue weighted by molar-refractivity contribution is 9.10. The van der Waals surface area contributed by atoms with Gasteiger partial charge < -0.3 is 5.32 Å². The molecule has 2 atom stereocenters. The van der Waals surface area contributed by atoms with Gasteiger partial charge in [-0.25, -0.2) is 4.39 Å². The fourth-order valence-electron chi connectivity index (χ4n) is 1.96. The minimum absolute atomic E-state index is 0.0509. The molecule has 1 aromatic carbocycles. The van der Waals surface area contributed by atoms with Crippen LogP contribution in [-0.2, 0) is 0 Å². The van der Waals surface area contributed by atoms with E-state index >= 15 is 0 Å². The first-order chi connectivity index (χ1) is 8.04. The van der Waals surface area contributed by atoms with Crippen molar-refractivity contribution >= 4 is 15.9 Å². The van der Waals surface area contributed by atoms with Crippen LogP contribution in [0.5, 0.6) is 0 Å². The van der Waals surface area contributed by atoms with E-state index < -0.39 is 0 Å². The Kier molecular flexibility index (Phi) is 6.14. The molecule has 0 radical (unpaired) electrons. The zero-order chi connectivity index (χ0) is 12.8. The van der Waals surface area contributed by atoms with Gasteiger partial charge in [0.1, 0.15) is 5.82 Å². The Labute approximate surface area is 112 Å². The molecule has 0 aliphatic rings. The minimum Gasteiger partial charge on any atom is -0.308 e. The molecule has 0 aliphatic heterocycles. The van der Waals surface area contributed by atoms with Crippen LogP contribution in [0.2, 0.25) is 0 Å². The average molecular weight is 302 g/mol. The first-order valence-electron chi connectivity index (χ1n) is 6.25. The summed E-state index contributed by atoms with van der Waals surface area (Å²) in [5.41, 5.74) is 0.733. The van der Waals surface area contributed by atoms with Crippen molar-refractivity contribution in [3.05, 3.63) is 34.1 Å². The fraction of sp³-hybridized carbons (Fsp3) is 0.571. The van der Waals surface area contributed by atoms with Gasteiger partial charge in [-0.1, -0.05) is 41.8 Å². The van der Waals surface area contributed by atoms with Crippen LogP contribution in [0.4, 0.5) is 4.39 Å². The summed E-state index contributed by atoms with van der Waals surface area (Å²) >= 11 is 3.27. The summed E-state index contributed by atoms with van der Waals surface area (Å²) in [6.45, 7) is 6.35. The van der Waals surface area contributed by atoms with Crippen LogP contribution in [0.15, 0.2) is 22.7 Å². The number of rotatable bonds is 6. The molecule has 0 amide bonds. The zero-order valence-corrected chi connectivity index (χ0v) is 12.3. The van der Waals surface area contributed by atoms with E-state index in [1.807, 2.05) is 19.1 Å². The number of nitrogens with one attached hydrogen (secondary N) is 1. The predicted molar refractivity (Wildman–Crippen MR) is 74.6 cm³/mol. The van der Waals surface area contributed by atoms with Gasteiger partial charge in [0.2, 0.25) is 0 Å². The van der Waals surface area contributed by atoms with Crippen LogP contribution < -0.4 is 5.32 Å². The van der Waals surface area contributed by atoms with Gasteiger partial charge in [-0.2, -0.15) is 0 Å². The number of benzene rings is 1. The fourth-order valence-corrected chi connectivity index (χ4v) is 2.30. The minimum atomic E-state index is -0.151. The SMILES string of the molecule is CCCCC(C)NC(C)c1ccc(Br)cc1F. The van der Waals surface area contributed by atoms with Crippen LogP contribution in [0.25, 0.3) is 0 Å². The molecular weight excluding hydrogens is 281 g/mol. The number of halogens is 2. The van der Waals surface area contributed by atoms with Crippen molar-refractivity contribution in [3.8, 4) is 0 Å². The standard InChI is InChI=1S/C14H21BrFN/c1-4-5-6-10(2)17-11(3)13-8-7-12(15)9-14(13)16/h7-11,17H,4-6H2,1-3H3. The summed E-state index contributed by atoms with van der Waals surface area (Å²) in [7, 11) is 0. The number of unbranched alkanes of at least 4 members (excludes halogenated alkanes) is 1. The third-order valence-corrected chi connectivity index (χ3v) is 3.45. The van der Waals surface area contributed by atoms with E-state index in [4.69, 9.17) is 0 Å². The molecule has 0 aromatic heterocycles. The first kappa shape index (κ1) is 14.7. The quantitative estimate of drug-likeness (QED) is 0.794. The molecule has 3 heteroatoms. The van der Waals surface area contributed by atoms with Gasteiger partial charge in [0.05, 0.1) is 0 Å². The van der Waals surface area contributed by atoms with Crippen LogP contribution in [0.1, 0.15) is 51.6 Å². The first-order valence-corrected chi connectivity index (χ1v) is 7.05. The molecule has 0 bridgehead atoms. The maximum absolute atomic E-state index is 13.7. The van der Waals surface area contributed by atoms with Crippen LogP contribution >= 0.6 is 15.9 Å². The molecule has 2 unspecified atom stereocenters. The van der Waals surface area contributed by atoms with Gasteiger partial charge in [-0.3, -0.25) is 0 Å². The lowest BCUT2D eigenvalue weighted by atomic mass is 10.1. The molecule has 0 heterocycles. The third-order valence-electron chi connectivity index (χ3n) is 2.95. The molecule has 0 fully saturated rings. The van der Waals surface area contributed by atoms with Gasteiger partial charge in [0, 0.05) is 22.1 Å². The Morgan fingerprint density at radius 3 is 2.65 bits per heavy atom. The maximum Gasteiger partial charge on any atom is 0.129 e. The van der Waals surface area contributed by atoms with Crippen molar-refractivity contribution in [2.24, 2.45) is 0 Å². The molecule has 96 valence electrons. The molecule has 0 saturated carbocycles. The second kappa shape index (κ2) is 7.12. The summed E-state index contributed by atoms with van der Waals surface area (Å²) in [4.78, 5) is 0. The van der Waals surface area contributed by atoms with E-state index in [1.165, 1.54) is 18.9 Å². The van der Waals surface area contributed by atoms with Gasteiger partial charge >= 0.3 is 0 Å². The summed E-state index contributed by atoms with van der Waals surface area (Å²) in [6.07, 6.45) is 3.55. The van der Waals surface area contributed by atoms with E-state index in [-0.39, 0.29) is 11.9 Å². The normalized spacial score (nSPS) is 14.6. The van der Waals surface area contributed by atoms with E-state index in [0.717, 1.165) is 16.5 Å². The summed E-state index contributed by atoms with van der Waals surface area (Å²) < 4.78 is 14.5. The van der Waals surface area contributed by atoms with Crippen molar-refractivity contribution in [1.82, 2.24) is 5.32 Å². The second-order valence-electron chi connectivity index (χ2n) is 4.60. The van der Waals surface area contributed by atoms with Gasteiger partial charge in [-0.15, -0.1) is 0 Å².